The van der Waals surface area contributed by atoms with E-state index in [1.54, 1.807) is 0 Å². The summed E-state index contributed by atoms with van der Waals surface area (Å²) >= 11 is 0. The van der Waals surface area contributed by atoms with E-state index < -0.39 is 0 Å². The Morgan fingerprint density at radius 2 is 1.64 bits per heavy atom. The molecule has 3 aromatic rings. The molecule has 3 atom stereocenters. The lowest BCUT2D eigenvalue weighted by molar-refractivity contribution is 0.492. The predicted octanol–water partition coefficient (Wildman–Crippen LogP) is 4.81. The van der Waals surface area contributed by atoms with Gasteiger partial charge in [-0.1, -0.05) is 78.0 Å². The van der Waals surface area contributed by atoms with E-state index in [0.717, 1.165) is 12.3 Å². The van der Waals surface area contributed by atoms with Crippen LogP contribution in [0.5, 0.6) is 0 Å². The molecule has 5 rings (SSSR count). The third-order valence-electron chi connectivity index (χ3n) is 5.19. The summed E-state index contributed by atoms with van der Waals surface area (Å²) in [6.45, 7) is 0. The number of nitrogens with one attached hydrogen (secondary N) is 1. The summed E-state index contributed by atoms with van der Waals surface area (Å²) in [5.41, 5.74) is 5.59. The lowest BCUT2D eigenvalue weighted by Crippen LogP contribution is -2.35. The highest BCUT2D eigenvalue weighted by atomic mass is 15.5. The normalized spacial score (nSPS) is 24.6. The van der Waals surface area contributed by atoms with Gasteiger partial charge >= 0.3 is 0 Å². The molecule has 25 heavy (non-hydrogen) atoms. The summed E-state index contributed by atoms with van der Waals surface area (Å²) in [5, 5.41) is 11.1. The molecule has 2 heterocycles. The summed E-state index contributed by atoms with van der Waals surface area (Å²) in [6.07, 6.45) is 0.937. The van der Waals surface area contributed by atoms with Gasteiger partial charge < -0.3 is 0 Å². The van der Waals surface area contributed by atoms with E-state index in [1.807, 2.05) is 6.07 Å². The van der Waals surface area contributed by atoms with Gasteiger partial charge in [-0.2, -0.15) is 5.11 Å². The van der Waals surface area contributed by atoms with Crippen molar-refractivity contribution in [1.29, 1.82) is 0 Å². The van der Waals surface area contributed by atoms with Crippen molar-refractivity contribution in [1.82, 2.24) is 5.43 Å². The van der Waals surface area contributed by atoms with Gasteiger partial charge in [0.05, 0.1) is 6.04 Å². The van der Waals surface area contributed by atoms with Crippen molar-refractivity contribution in [2.45, 2.75) is 24.4 Å². The van der Waals surface area contributed by atoms with Gasteiger partial charge in [0, 0.05) is 5.92 Å². The maximum absolute atomic E-state index is 4.89. The Labute approximate surface area is 146 Å². The van der Waals surface area contributed by atoms with Gasteiger partial charge in [-0.3, -0.25) is 4.99 Å². The van der Waals surface area contributed by atoms with E-state index in [9.17, 15) is 0 Å². The molecule has 0 radical (unpaired) electrons. The van der Waals surface area contributed by atoms with Gasteiger partial charge in [-0.15, -0.1) is 0 Å². The zero-order chi connectivity index (χ0) is 16.6. The minimum Gasteiger partial charge on any atom is -0.261 e. The summed E-state index contributed by atoms with van der Waals surface area (Å²) in [7, 11) is 0. The number of benzene rings is 3. The number of amidine groups is 1. The van der Waals surface area contributed by atoms with Crippen LogP contribution >= 0.6 is 0 Å². The predicted molar refractivity (Wildman–Crippen MR) is 99.7 cm³/mol. The molecule has 0 saturated carbocycles. The number of hydrogen-bond donors (Lipinski definition) is 1. The van der Waals surface area contributed by atoms with Crippen LogP contribution in [0.1, 0.15) is 29.5 Å². The third-order valence-corrected chi connectivity index (χ3v) is 5.19. The van der Waals surface area contributed by atoms with Crippen LogP contribution < -0.4 is 5.43 Å². The highest BCUT2D eigenvalue weighted by Crippen LogP contribution is 2.42. The SMILES string of the molecule is c1ccc(C2CC(c3cccc4ccccc34)C3N=NNC3=N2)cc1. The minimum atomic E-state index is -0.00855. The van der Waals surface area contributed by atoms with Crippen LogP contribution in [0.4, 0.5) is 0 Å². The van der Waals surface area contributed by atoms with E-state index >= 15 is 0 Å². The number of fused-ring (bicyclic) bond motifs is 2. The first kappa shape index (κ1) is 14.3. The first-order valence-corrected chi connectivity index (χ1v) is 8.66. The fraction of sp³-hybridized carbons (Fsp3) is 0.190. The van der Waals surface area contributed by atoms with Gasteiger partial charge in [0.1, 0.15) is 11.9 Å². The molecule has 0 amide bonds. The van der Waals surface area contributed by atoms with Gasteiger partial charge in [0.25, 0.3) is 0 Å². The first-order valence-electron chi connectivity index (χ1n) is 8.66. The quantitative estimate of drug-likeness (QED) is 0.722. The summed E-state index contributed by atoms with van der Waals surface area (Å²) in [5.74, 6) is 1.15. The van der Waals surface area contributed by atoms with Crippen LogP contribution in [0.3, 0.4) is 0 Å². The molecule has 1 N–H and O–H groups in total. The monoisotopic (exact) mass is 326 g/mol. The number of aliphatic imine (C=N–C) groups is 1. The molecule has 0 saturated heterocycles. The standard InChI is InChI=1S/C21H18N4/c1-2-8-15(9-3-1)19-13-18(20-21(22-19)24-25-23-20)17-12-6-10-14-7-4-5-11-16(14)17/h1-12,18-20H,13H2,(H,22,23,24). The van der Waals surface area contributed by atoms with Crippen molar-refractivity contribution in [3.63, 3.8) is 0 Å². The first-order chi connectivity index (χ1) is 12.4. The molecule has 2 aliphatic rings. The maximum Gasteiger partial charge on any atom is 0.146 e. The third kappa shape index (κ3) is 2.41. The minimum absolute atomic E-state index is 0.00855. The molecule has 4 nitrogen and oxygen atoms in total. The fourth-order valence-electron chi connectivity index (χ4n) is 3.99. The van der Waals surface area contributed by atoms with Crippen molar-refractivity contribution >= 4 is 16.6 Å². The van der Waals surface area contributed by atoms with E-state index in [4.69, 9.17) is 4.99 Å². The Kier molecular flexibility index (Phi) is 3.33. The largest absolute Gasteiger partial charge is 0.261 e. The number of rotatable bonds is 2. The van der Waals surface area contributed by atoms with Crippen LogP contribution in [0.25, 0.3) is 10.8 Å². The van der Waals surface area contributed by atoms with Gasteiger partial charge in [-0.25, -0.2) is 5.43 Å². The van der Waals surface area contributed by atoms with Crippen molar-refractivity contribution in [2.24, 2.45) is 15.3 Å². The van der Waals surface area contributed by atoms with Crippen molar-refractivity contribution in [3.8, 4) is 0 Å². The Hall–Kier alpha value is -3.01. The average Bonchev–Trinajstić information content (AvgIpc) is 3.16. The van der Waals surface area contributed by atoms with E-state index in [0.29, 0.717) is 0 Å². The molecule has 0 spiro atoms. The number of nitrogens with zero attached hydrogens (tertiary/aromatic N) is 3. The Morgan fingerprint density at radius 1 is 0.840 bits per heavy atom. The second-order valence-corrected chi connectivity index (χ2v) is 6.62. The molecular weight excluding hydrogens is 308 g/mol. The van der Waals surface area contributed by atoms with E-state index in [2.05, 4.69) is 82.5 Å². The Bertz CT molecular complexity index is 972. The highest BCUT2D eigenvalue weighted by Gasteiger charge is 2.38. The fourth-order valence-corrected chi connectivity index (χ4v) is 3.99. The Morgan fingerprint density at radius 3 is 2.56 bits per heavy atom. The Balaban J connectivity index is 1.63. The molecular formula is C21H18N4. The van der Waals surface area contributed by atoms with Crippen LogP contribution in [-0.4, -0.2) is 11.9 Å². The van der Waals surface area contributed by atoms with Crippen molar-refractivity contribution < 1.29 is 0 Å². The summed E-state index contributed by atoms with van der Waals surface area (Å²) in [4.78, 5) is 4.89. The topological polar surface area (TPSA) is 49.1 Å². The van der Waals surface area contributed by atoms with Crippen molar-refractivity contribution in [2.75, 3.05) is 0 Å². The second kappa shape index (κ2) is 5.81. The number of hydrogen-bond acceptors (Lipinski definition) is 4. The zero-order valence-electron chi connectivity index (χ0n) is 13.7. The summed E-state index contributed by atoms with van der Waals surface area (Å²) in [6, 6.07) is 25.7. The van der Waals surface area contributed by atoms with Gasteiger partial charge in [-0.05, 0) is 28.3 Å². The van der Waals surface area contributed by atoms with Crippen LogP contribution in [-0.2, 0) is 0 Å². The molecule has 0 aromatic heterocycles. The highest BCUT2D eigenvalue weighted by molar-refractivity contribution is 5.92. The molecule has 0 bridgehead atoms. The van der Waals surface area contributed by atoms with Gasteiger partial charge in [0.15, 0.2) is 0 Å². The molecule has 3 aromatic carbocycles. The lowest BCUT2D eigenvalue weighted by atomic mass is 9.80. The molecule has 0 aliphatic carbocycles. The molecule has 0 fully saturated rings. The molecule has 122 valence electrons. The van der Waals surface area contributed by atoms with Crippen LogP contribution in [0, 0.1) is 0 Å². The lowest BCUT2D eigenvalue weighted by Gasteiger charge is -2.30. The summed E-state index contributed by atoms with van der Waals surface area (Å²) < 4.78 is 0. The molecule has 2 aliphatic heterocycles. The van der Waals surface area contributed by atoms with Crippen LogP contribution in [0.2, 0.25) is 0 Å². The van der Waals surface area contributed by atoms with Gasteiger partial charge in [0.2, 0.25) is 0 Å². The van der Waals surface area contributed by atoms with E-state index in [1.165, 1.54) is 21.9 Å². The molecule has 4 heteroatoms. The second-order valence-electron chi connectivity index (χ2n) is 6.62. The zero-order valence-corrected chi connectivity index (χ0v) is 13.7. The van der Waals surface area contributed by atoms with Crippen molar-refractivity contribution in [3.05, 3.63) is 83.9 Å². The van der Waals surface area contributed by atoms with Crippen LogP contribution in [0.15, 0.2) is 88.1 Å². The maximum atomic E-state index is 4.89. The smallest absolute Gasteiger partial charge is 0.146 e. The van der Waals surface area contributed by atoms with E-state index in [-0.39, 0.29) is 18.0 Å². The average molecular weight is 326 g/mol. The molecule has 3 unspecified atom stereocenters.